The fourth-order valence-corrected chi connectivity index (χ4v) is 3.95. The first kappa shape index (κ1) is 14.1. The van der Waals surface area contributed by atoms with E-state index in [4.69, 9.17) is 29.6 Å². The largest absolute Gasteiger partial charge is 0.389 e. The molecule has 20 heavy (non-hydrogen) atoms. The zero-order chi connectivity index (χ0) is 14.3. The van der Waals surface area contributed by atoms with Gasteiger partial charge in [-0.05, 0) is 44.5 Å². The zero-order valence-electron chi connectivity index (χ0n) is 11.7. The molecule has 3 rings (SSSR count). The molecule has 2 heterocycles. The summed E-state index contributed by atoms with van der Waals surface area (Å²) in [5, 5.41) is 0.651. The number of fused-ring (bicyclic) bond motifs is 2. The average molecular weight is 310 g/mol. The summed E-state index contributed by atoms with van der Waals surface area (Å²) in [6, 6.07) is 7.43. The maximum atomic E-state index is 6.29. The van der Waals surface area contributed by atoms with Crippen LogP contribution in [-0.2, 0) is 0 Å². The number of anilines is 1. The monoisotopic (exact) mass is 309 g/mol. The third-order valence-electron chi connectivity index (χ3n) is 4.73. The number of benzene rings is 1. The maximum absolute atomic E-state index is 6.29. The Bertz CT molecular complexity index is 534. The summed E-state index contributed by atoms with van der Waals surface area (Å²) in [4.78, 5) is 5.34. The molecule has 1 aromatic rings. The first-order valence-electron chi connectivity index (χ1n) is 7.12. The molecule has 1 aromatic carbocycles. The number of likely N-dealkylation sites (N-methyl/N-ethyl adjacent to an activating group) is 1. The Balaban J connectivity index is 1.83. The third kappa shape index (κ3) is 2.52. The topological polar surface area (TPSA) is 32.5 Å². The van der Waals surface area contributed by atoms with Crippen molar-refractivity contribution in [3.63, 3.8) is 0 Å². The van der Waals surface area contributed by atoms with Crippen LogP contribution >= 0.6 is 23.8 Å². The Morgan fingerprint density at radius 2 is 2.05 bits per heavy atom. The van der Waals surface area contributed by atoms with Crippen LogP contribution in [0.3, 0.4) is 0 Å². The van der Waals surface area contributed by atoms with E-state index in [0.29, 0.717) is 16.1 Å². The van der Waals surface area contributed by atoms with E-state index in [1.807, 2.05) is 12.1 Å². The van der Waals surface area contributed by atoms with Crippen LogP contribution in [0.2, 0.25) is 5.02 Å². The number of rotatable bonds is 2. The van der Waals surface area contributed by atoms with Crippen molar-refractivity contribution < 1.29 is 0 Å². The lowest BCUT2D eigenvalue weighted by atomic mass is 10.1. The van der Waals surface area contributed by atoms with Gasteiger partial charge in [0.05, 0.1) is 5.02 Å². The molecule has 2 saturated heterocycles. The quantitative estimate of drug-likeness (QED) is 0.851. The van der Waals surface area contributed by atoms with Crippen LogP contribution < -0.4 is 10.6 Å². The van der Waals surface area contributed by atoms with E-state index >= 15 is 0 Å². The van der Waals surface area contributed by atoms with Crippen LogP contribution in [0, 0.1) is 0 Å². The van der Waals surface area contributed by atoms with Gasteiger partial charge in [-0.15, -0.1) is 0 Å². The van der Waals surface area contributed by atoms with Crippen LogP contribution in [0.15, 0.2) is 18.2 Å². The number of thiocarbonyl (C=S) groups is 1. The van der Waals surface area contributed by atoms with Crippen LogP contribution in [0.25, 0.3) is 0 Å². The summed E-state index contributed by atoms with van der Waals surface area (Å²) in [5.41, 5.74) is 7.60. The third-order valence-corrected chi connectivity index (χ3v) is 5.26. The van der Waals surface area contributed by atoms with E-state index in [2.05, 4.69) is 22.9 Å². The predicted molar refractivity (Wildman–Crippen MR) is 88.7 cm³/mol. The minimum absolute atomic E-state index is 0.358. The summed E-state index contributed by atoms with van der Waals surface area (Å²) in [5.74, 6) is 0. The van der Waals surface area contributed by atoms with Gasteiger partial charge in [-0.3, -0.25) is 4.90 Å². The van der Waals surface area contributed by atoms with Gasteiger partial charge < -0.3 is 10.6 Å². The Hall–Kier alpha value is -0.840. The Kier molecular flexibility index (Phi) is 3.89. The van der Waals surface area contributed by atoms with Crippen molar-refractivity contribution in [2.75, 3.05) is 25.0 Å². The molecule has 5 heteroatoms. The Morgan fingerprint density at radius 1 is 1.30 bits per heavy atom. The second kappa shape index (κ2) is 5.51. The van der Waals surface area contributed by atoms with E-state index in [0.717, 1.165) is 24.7 Å². The van der Waals surface area contributed by atoms with Crippen molar-refractivity contribution in [1.29, 1.82) is 0 Å². The summed E-state index contributed by atoms with van der Waals surface area (Å²) in [6.45, 7) is 2.17. The van der Waals surface area contributed by atoms with Gasteiger partial charge in [0.15, 0.2) is 0 Å². The summed E-state index contributed by atoms with van der Waals surface area (Å²) < 4.78 is 0. The molecular formula is C15H20ClN3S. The lowest BCUT2D eigenvalue weighted by Crippen LogP contribution is -2.36. The summed E-state index contributed by atoms with van der Waals surface area (Å²) >= 11 is 11.3. The molecule has 2 N–H and O–H groups in total. The lowest BCUT2D eigenvalue weighted by molar-refractivity contribution is 0.254. The molecule has 2 fully saturated rings. The fourth-order valence-electron chi connectivity index (χ4n) is 3.44. The molecule has 2 aliphatic rings. The predicted octanol–water partition coefficient (Wildman–Crippen LogP) is 2.65. The number of hydrogen-bond donors (Lipinski definition) is 1. The molecule has 0 saturated carbocycles. The minimum Gasteiger partial charge on any atom is -0.389 e. The van der Waals surface area contributed by atoms with E-state index < -0.39 is 0 Å². The smallest absolute Gasteiger partial charge is 0.105 e. The van der Waals surface area contributed by atoms with Crippen molar-refractivity contribution in [1.82, 2.24) is 4.90 Å². The molecule has 2 aliphatic heterocycles. The van der Waals surface area contributed by atoms with Crippen LogP contribution in [0.5, 0.6) is 0 Å². The number of halogens is 1. The highest BCUT2D eigenvalue weighted by Crippen LogP contribution is 2.32. The van der Waals surface area contributed by atoms with Crippen molar-refractivity contribution in [3.05, 3.63) is 28.8 Å². The van der Waals surface area contributed by atoms with Crippen molar-refractivity contribution in [3.8, 4) is 0 Å². The highest BCUT2D eigenvalue weighted by molar-refractivity contribution is 7.80. The van der Waals surface area contributed by atoms with Gasteiger partial charge in [-0.2, -0.15) is 0 Å². The first-order valence-corrected chi connectivity index (χ1v) is 7.91. The Labute approximate surface area is 130 Å². The molecule has 2 unspecified atom stereocenters. The van der Waals surface area contributed by atoms with E-state index in [-0.39, 0.29) is 0 Å². The van der Waals surface area contributed by atoms with Gasteiger partial charge in [-0.1, -0.05) is 23.8 Å². The van der Waals surface area contributed by atoms with Crippen LogP contribution in [0.4, 0.5) is 5.69 Å². The second-order valence-corrected chi connectivity index (χ2v) is 6.66. The highest BCUT2D eigenvalue weighted by Gasteiger charge is 2.34. The van der Waals surface area contributed by atoms with Crippen LogP contribution in [0.1, 0.15) is 24.8 Å². The van der Waals surface area contributed by atoms with Gasteiger partial charge in [0.1, 0.15) is 4.99 Å². The second-order valence-electron chi connectivity index (χ2n) is 5.81. The Morgan fingerprint density at radius 3 is 2.75 bits per heavy atom. The standard InChI is InChI=1S/C15H20ClN3S/c1-18-10-2-3-12(18)9-19(7-6-10)11-4-5-13(15(17)20)14(16)8-11/h4-5,8,10,12H,2-3,6-7,9H2,1H3,(H2,17,20). The first-order chi connectivity index (χ1) is 9.56. The van der Waals surface area contributed by atoms with Gasteiger partial charge in [0.25, 0.3) is 0 Å². The van der Waals surface area contributed by atoms with Gasteiger partial charge in [0, 0.05) is 36.4 Å². The van der Waals surface area contributed by atoms with Crippen molar-refractivity contribution >= 4 is 34.5 Å². The summed E-state index contributed by atoms with van der Waals surface area (Å²) in [6.07, 6.45) is 3.87. The van der Waals surface area contributed by atoms with Crippen molar-refractivity contribution in [2.24, 2.45) is 5.73 Å². The molecule has 2 atom stereocenters. The fraction of sp³-hybridized carbons (Fsp3) is 0.533. The molecule has 0 aliphatic carbocycles. The van der Waals surface area contributed by atoms with E-state index in [1.165, 1.54) is 24.9 Å². The lowest BCUT2D eigenvalue weighted by Gasteiger charge is -2.28. The molecule has 3 nitrogen and oxygen atoms in total. The van der Waals surface area contributed by atoms with Gasteiger partial charge >= 0.3 is 0 Å². The van der Waals surface area contributed by atoms with Gasteiger partial charge in [-0.25, -0.2) is 0 Å². The SMILES string of the molecule is CN1C2CCC1CN(c1ccc(C(N)=S)c(Cl)c1)CC2. The average Bonchev–Trinajstić information content (AvgIpc) is 2.62. The van der Waals surface area contributed by atoms with Crippen molar-refractivity contribution in [2.45, 2.75) is 31.3 Å². The molecule has 2 bridgehead atoms. The molecule has 0 amide bonds. The molecule has 0 spiro atoms. The van der Waals surface area contributed by atoms with E-state index in [1.54, 1.807) is 0 Å². The highest BCUT2D eigenvalue weighted by atomic mass is 35.5. The number of nitrogens with zero attached hydrogens (tertiary/aromatic N) is 2. The molecule has 108 valence electrons. The number of hydrogen-bond acceptors (Lipinski definition) is 3. The summed E-state index contributed by atoms with van der Waals surface area (Å²) in [7, 11) is 2.26. The maximum Gasteiger partial charge on any atom is 0.105 e. The van der Waals surface area contributed by atoms with Crippen LogP contribution in [-0.4, -0.2) is 42.1 Å². The molecular weight excluding hydrogens is 290 g/mol. The molecule has 0 radical (unpaired) electrons. The minimum atomic E-state index is 0.358. The zero-order valence-corrected chi connectivity index (χ0v) is 13.3. The number of nitrogens with two attached hydrogens (primary N) is 1. The van der Waals surface area contributed by atoms with Gasteiger partial charge in [0.2, 0.25) is 0 Å². The normalized spacial score (nSPS) is 26.6. The van der Waals surface area contributed by atoms with E-state index in [9.17, 15) is 0 Å². The molecule has 0 aromatic heterocycles.